The molecular formula is C12H22FN. The first kappa shape index (κ1) is 10.4. The van der Waals surface area contributed by atoms with Gasteiger partial charge in [0.25, 0.3) is 0 Å². The van der Waals surface area contributed by atoms with Crippen molar-refractivity contribution in [3.63, 3.8) is 0 Å². The van der Waals surface area contributed by atoms with E-state index in [1.807, 2.05) is 0 Å². The maximum atomic E-state index is 13.5. The third kappa shape index (κ3) is 1.58. The molecule has 2 aliphatic heterocycles. The molecule has 0 radical (unpaired) electrons. The van der Waals surface area contributed by atoms with Crippen LogP contribution < -0.4 is 0 Å². The molecule has 0 unspecified atom stereocenters. The van der Waals surface area contributed by atoms with Gasteiger partial charge in [-0.1, -0.05) is 13.8 Å². The first-order valence-corrected chi connectivity index (χ1v) is 5.94. The number of hydrogen-bond donors (Lipinski definition) is 0. The number of fused-ring (bicyclic) bond motifs is 1. The van der Waals surface area contributed by atoms with E-state index in [4.69, 9.17) is 0 Å². The van der Waals surface area contributed by atoms with E-state index in [2.05, 4.69) is 25.7 Å². The van der Waals surface area contributed by atoms with Crippen LogP contribution in [0.5, 0.6) is 0 Å². The first-order chi connectivity index (χ1) is 6.53. The lowest BCUT2D eigenvalue weighted by Gasteiger charge is -2.35. The zero-order valence-corrected chi connectivity index (χ0v) is 9.59. The van der Waals surface area contributed by atoms with Crippen molar-refractivity contribution >= 4 is 0 Å². The van der Waals surface area contributed by atoms with Gasteiger partial charge in [-0.05, 0) is 38.5 Å². The van der Waals surface area contributed by atoms with Crippen molar-refractivity contribution in [1.82, 2.24) is 4.90 Å². The van der Waals surface area contributed by atoms with E-state index in [0.717, 1.165) is 6.42 Å². The van der Waals surface area contributed by atoms with Crippen LogP contribution >= 0.6 is 0 Å². The topological polar surface area (TPSA) is 3.24 Å². The molecule has 2 rings (SSSR count). The molecule has 0 saturated carbocycles. The predicted molar refractivity (Wildman–Crippen MR) is 57.1 cm³/mol. The summed E-state index contributed by atoms with van der Waals surface area (Å²) < 4.78 is 13.5. The molecule has 2 aliphatic rings. The first-order valence-electron chi connectivity index (χ1n) is 5.94. The summed E-state index contributed by atoms with van der Waals surface area (Å²) in [6.07, 6.45) is 3.87. The molecule has 0 amide bonds. The zero-order valence-electron chi connectivity index (χ0n) is 9.59. The fourth-order valence-electron chi connectivity index (χ4n) is 3.59. The molecule has 2 heterocycles. The number of nitrogens with zero attached hydrogens (tertiary/aromatic N) is 1. The quantitative estimate of drug-likeness (QED) is 0.661. The van der Waals surface area contributed by atoms with Gasteiger partial charge in [-0.25, -0.2) is 4.39 Å². The molecule has 0 aliphatic carbocycles. The number of alkyl halides is 1. The number of hydrogen-bond acceptors (Lipinski definition) is 1. The summed E-state index contributed by atoms with van der Waals surface area (Å²) in [5.74, 6) is 0.688. The second-order valence-electron chi connectivity index (χ2n) is 5.66. The molecule has 3 atom stereocenters. The minimum absolute atomic E-state index is 0.229. The maximum Gasteiger partial charge on any atom is 0.115 e. The summed E-state index contributed by atoms with van der Waals surface area (Å²) in [4.78, 5) is 2.44. The summed E-state index contributed by atoms with van der Waals surface area (Å²) >= 11 is 0. The Morgan fingerprint density at radius 1 is 1.50 bits per heavy atom. The van der Waals surface area contributed by atoms with E-state index in [1.165, 1.54) is 19.3 Å². The number of rotatable bonds is 2. The third-order valence-electron chi connectivity index (χ3n) is 3.95. The van der Waals surface area contributed by atoms with E-state index in [0.29, 0.717) is 18.5 Å². The molecule has 82 valence electrons. The van der Waals surface area contributed by atoms with Crippen molar-refractivity contribution in [3.8, 4) is 0 Å². The molecule has 0 N–H and O–H groups in total. The Labute approximate surface area is 86.7 Å². The van der Waals surface area contributed by atoms with E-state index in [-0.39, 0.29) is 5.54 Å². The Balaban J connectivity index is 2.14. The van der Waals surface area contributed by atoms with Crippen LogP contribution in [0.3, 0.4) is 0 Å². The standard InChI is InChI=1S/C12H22FN/c1-9(2)6-12-5-4-10(3)14(12)8-11(13)7-12/h9-11H,4-8H2,1-3H3/t10-,11-,12-/m1/s1. The van der Waals surface area contributed by atoms with Crippen molar-refractivity contribution in [2.45, 2.75) is 64.2 Å². The maximum absolute atomic E-state index is 13.5. The highest BCUT2D eigenvalue weighted by Gasteiger charge is 2.51. The van der Waals surface area contributed by atoms with E-state index in [9.17, 15) is 4.39 Å². The molecule has 0 aromatic carbocycles. The van der Waals surface area contributed by atoms with Gasteiger partial charge in [-0.3, -0.25) is 4.90 Å². The molecule has 0 aromatic heterocycles. The molecule has 0 spiro atoms. The van der Waals surface area contributed by atoms with Crippen LogP contribution in [-0.4, -0.2) is 29.2 Å². The predicted octanol–water partition coefficient (Wildman–Crippen LogP) is 3.00. The molecular weight excluding hydrogens is 177 g/mol. The van der Waals surface area contributed by atoms with Crippen LogP contribution in [-0.2, 0) is 0 Å². The van der Waals surface area contributed by atoms with Crippen LogP contribution in [0.1, 0.15) is 46.5 Å². The lowest BCUT2D eigenvalue weighted by Crippen LogP contribution is -2.42. The molecule has 1 nitrogen and oxygen atoms in total. The van der Waals surface area contributed by atoms with Gasteiger partial charge in [-0.2, -0.15) is 0 Å². The second kappa shape index (κ2) is 3.48. The largest absolute Gasteiger partial charge is 0.292 e. The molecule has 14 heavy (non-hydrogen) atoms. The lowest BCUT2D eigenvalue weighted by molar-refractivity contribution is 0.132. The Bertz CT molecular complexity index is 216. The summed E-state index contributed by atoms with van der Waals surface area (Å²) in [5, 5.41) is 0. The van der Waals surface area contributed by atoms with Crippen molar-refractivity contribution in [2.24, 2.45) is 5.92 Å². The number of halogens is 1. The van der Waals surface area contributed by atoms with Crippen LogP contribution in [0.4, 0.5) is 4.39 Å². The minimum Gasteiger partial charge on any atom is -0.292 e. The highest BCUT2D eigenvalue weighted by atomic mass is 19.1. The van der Waals surface area contributed by atoms with E-state index < -0.39 is 6.17 Å². The monoisotopic (exact) mass is 199 g/mol. The SMILES string of the molecule is CC(C)C[C@@]12CC[C@@H](C)N1C[C@H](F)C2. The summed E-state index contributed by atoms with van der Waals surface area (Å²) in [7, 11) is 0. The molecule has 2 saturated heterocycles. The van der Waals surface area contributed by atoms with Crippen molar-refractivity contribution < 1.29 is 4.39 Å². The van der Waals surface area contributed by atoms with Gasteiger partial charge >= 0.3 is 0 Å². The van der Waals surface area contributed by atoms with E-state index >= 15 is 0 Å². The fraction of sp³-hybridized carbons (Fsp3) is 1.00. The average molecular weight is 199 g/mol. The normalized spacial score (nSPS) is 43.5. The highest BCUT2D eigenvalue weighted by molar-refractivity contribution is 5.06. The Morgan fingerprint density at radius 2 is 2.21 bits per heavy atom. The van der Waals surface area contributed by atoms with Crippen LogP contribution in [0.25, 0.3) is 0 Å². The Kier molecular flexibility index (Phi) is 2.59. The minimum atomic E-state index is -0.573. The lowest BCUT2D eigenvalue weighted by atomic mass is 9.85. The van der Waals surface area contributed by atoms with Crippen LogP contribution in [0.2, 0.25) is 0 Å². The Hall–Kier alpha value is -0.110. The van der Waals surface area contributed by atoms with Gasteiger partial charge in [0.15, 0.2) is 0 Å². The second-order valence-corrected chi connectivity index (χ2v) is 5.66. The van der Waals surface area contributed by atoms with Gasteiger partial charge in [-0.15, -0.1) is 0 Å². The van der Waals surface area contributed by atoms with Gasteiger partial charge in [0.2, 0.25) is 0 Å². The van der Waals surface area contributed by atoms with Crippen molar-refractivity contribution in [1.29, 1.82) is 0 Å². The van der Waals surface area contributed by atoms with Gasteiger partial charge in [0, 0.05) is 18.1 Å². The molecule has 0 aromatic rings. The van der Waals surface area contributed by atoms with Gasteiger partial charge in [0.05, 0.1) is 0 Å². The summed E-state index contributed by atoms with van der Waals surface area (Å²) in [5.41, 5.74) is 0.229. The van der Waals surface area contributed by atoms with Crippen LogP contribution in [0.15, 0.2) is 0 Å². The van der Waals surface area contributed by atoms with Gasteiger partial charge in [0.1, 0.15) is 6.17 Å². The van der Waals surface area contributed by atoms with E-state index in [1.54, 1.807) is 0 Å². The van der Waals surface area contributed by atoms with Crippen molar-refractivity contribution in [3.05, 3.63) is 0 Å². The zero-order chi connectivity index (χ0) is 10.3. The van der Waals surface area contributed by atoms with Gasteiger partial charge < -0.3 is 0 Å². The third-order valence-corrected chi connectivity index (χ3v) is 3.95. The fourth-order valence-corrected chi connectivity index (χ4v) is 3.59. The molecule has 0 bridgehead atoms. The summed E-state index contributed by atoms with van der Waals surface area (Å²) in [6.45, 7) is 7.44. The Morgan fingerprint density at radius 3 is 2.86 bits per heavy atom. The van der Waals surface area contributed by atoms with Crippen LogP contribution in [0, 0.1) is 5.92 Å². The average Bonchev–Trinajstić information content (AvgIpc) is 2.49. The summed E-state index contributed by atoms with van der Waals surface area (Å²) in [6, 6.07) is 0.606. The highest BCUT2D eigenvalue weighted by Crippen LogP contribution is 2.46. The molecule has 2 heteroatoms. The molecule has 2 fully saturated rings. The van der Waals surface area contributed by atoms with Crippen molar-refractivity contribution in [2.75, 3.05) is 6.54 Å². The smallest absolute Gasteiger partial charge is 0.115 e.